The van der Waals surface area contributed by atoms with Crippen LogP contribution in [0.25, 0.3) is 0 Å². The van der Waals surface area contributed by atoms with E-state index in [9.17, 15) is 0 Å². The SMILES string of the molecule is c1ccc(N(c2ccccc2)c2ccc3c(c2)Oc2ccccc2N3c2ccccc2)cc1. The molecule has 5 aromatic carbocycles. The van der Waals surface area contributed by atoms with Crippen LogP contribution >= 0.6 is 0 Å². The standard InChI is InChI=1S/C30H22N2O/c1-4-12-23(13-5-1)31(24-14-6-2-7-15-24)26-20-21-28-30(22-26)33-29-19-11-10-18-27(29)32(28)25-16-8-3-9-17-25/h1-22H. The minimum absolute atomic E-state index is 0.826. The van der Waals surface area contributed by atoms with Crippen LogP contribution in [-0.4, -0.2) is 0 Å². The van der Waals surface area contributed by atoms with Crippen molar-refractivity contribution in [1.82, 2.24) is 0 Å². The summed E-state index contributed by atoms with van der Waals surface area (Å²) in [6.07, 6.45) is 0. The van der Waals surface area contributed by atoms with E-state index >= 15 is 0 Å². The van der Waals surface area contributed by atoms with Crippen molar-refractivity contribution < 1.29 is 4.74 Å². The lowest BCUT2D eigenvalue weighted by Gasteiger charge is -2.34. The van der Waals surface area contributed by atoms with Gasteiger partial charge < -0.3 is 14.5 Å². The molecule has 3 heteroatoms. The molecule has 0 amide bonds. The van der Waals surface area contributed by atoms with Crippen LogP contribution in [0.15, 0.2) is 133 Å². The molecule has 33 heavy (non-hydrogen) atoms. The topological polar surface area (TPSA) is 15.7 Å². The van der Waals surface area contributed by atoms with Gasteiger partial charge in [0.2, 0.25) is 0 Å². The fraction of sp³-hybridized carbons (Fsp3) is 0. The van der Waals surface area contributed by atoms with Crippen molar-refractivity contribution in [2.75, 3.05) is 9.80 Å². The number of rotatable bonds is 4. The minimum atomic E-state index is 0.826. The largest absolute Gasteiger partial charge is 0.453 e. The van der Waals surface area contributed by atoms with Crippen LogP contribution in [0.1, 0.15) is 0 Å². The van der Waals surface area contributed by atoms with E-state index in [1.54, 1.807) is 0 Å². The highest BCUT2D eigenvalue weighted by Gasteiger charge is 2.26. The fourth-order valence-corrected chi connectivity index (χ4v) is 4.34. The first-order valence-corrected chi connectivity index (χ1v) is 11.0. The third-order valence-electron chi connectivity index (χ3n) is 5.81. The lowest BCUT2D eigenvalue weighted by Crippen LogP contribution is -2.16. The monoisotopic (exact) mass is 426 g/mol. The van der Waals surface area contributed by atoms with Crippen LogP contribution in [0, 0.1) is 0 Å². The molecule has 0 aromatic heterocycles. The fourth-order valence-electron chi connectivity index (χ4n) is 4.34. The van der Waals surface area contributed by atoms with Gasteiger partial charge in [-0.2, -0.15) is 0 Å². The highest BCUT2D eigenvalue weighted by Crippen LogP contribution is 2.51. The third-order valence-corrected chi connectivity index (χ3v) is 5.81. The summed E-state index contributed by atoms with van der Waals surface area (Å²) >= 11 is 0. The number of nitrogens with zero attached hydrogens (tertiary/aromatic N) is 2. The van der Waals surface area contributed by atoms with E-state index in [-0.39, 0.29) is 0 Å². The maximum Gasteiger partial charge on any atom is 0.153 e. The van der Waals surface area contributed by atoms with E-state index in [1.165, 1.54) is 0 Å². The highest BCUT2D eigenvalue weighted by molar-refractivity contribution is 5.88. The third kappa shape index (κ3) is 3.50. The van der Waals surface area contributed by atoms with E-state index in [2.05, 4.69) is 107 Å². The molecule has 0 saturated carbocycles. The Morgan fingerprint density at radius 1 is 0.455 bits per heavy atom. The molecular weight excluding hydrogens is 404 g/mol. The van der Waals surface area contributed by atoms with Crippen LogP contribution in [0.5, 0.6) is 11.5 Å². The molecule has 0 unspecified atom stereocenters. The average Bonchev–Trinajstić information content (AvgIpc) is 2.89. The molecule has 5 aromatic rings. The molecule has 0 saturated heterocycles. The first kappa shape index (κ1) is 19.2. The summed E-state index contributed by atoms with van der Waals surface area (Å²) in [5, 5.41) is 0. The molecule has 1 aliphatic rings. The maximum atomic E-state index is 6.42. The predicted molar refractivity (Wildman–Crippen MR) is 136 cm³/mol. The zero-order valence-corrected chi connectivity index (χ0v) is 18.0. The van der Waals surface area contributed by atoms with Crippen molar-refractivity contribution in [3.63, 3.8) is 0 Å². The summed E-state index contributed by atoms with van der Waals surface area (Å²) in [4.78, 5) is 4.50. The van der Waals surface area contributed by atoms with Crippen molar-refractivity contribution in [1.29, 1.82) is 0 Å². The summed E-state index contributed by atoms with van der Waals surface area (Å²) in [7, 11) is 0. The van der Waals surface area contributed by atoms with E-state index < -0.39 is 0 Å². The number of ether oxygens (including phenoxy) is 1. The van der Waals surface area contributed by atoms with Crippen molar-refractivity contribution in [2.45, 2.75) is 0 Å². The van der Waals surface area contributed by atoms with Crippen LogP contribution in [0.4, 0.5) is 34.1 Å². The van der Waals surface area contributed by atoms with Crippen molar-refractivity contribution in [3.05, 3.63) is 133 Å². The van der Waals surface area contributed by atoms with E-state index in [0.29, 0.717) is 0 Å². The highest BCUT2D eigenvalue weighted by atomic mass is 16.5. The molecule has 0 fully saturated rings. The Kier molecular flexibility index (Phi) is 4.78. The number of benzene rings is 5. The number of hydrogen-bond donors (Lipinski definition) is 0. The van der Waals surface area contributed by atoms with Gasteiger partial charge in [-0.05, 0) is 60.7 Å². The van der Waals surface area contributed by atoms with Gasteiger partial charge in [-0.3, -0.25) is 0 Å². The summed E-state index contributed by atoms with van der Waals surface area (Å²) in [6.45, 7) is 0. The van der Waals surface area contributed by atoms with Gasteiger partial charge in [0.1, 0.15) is 0 Å². The normalized spacial score (nSPS) is 11.8. The first-order chi connectivity index (χ1) is 16.4. The molecule has 0 radical (unpaired) electrons. The molecule has 0 bridgehead atoms. The summed E-state index contributed by atoms with van der Waals surface area (Å²) in [5.74, 6) is 1.67. The molecular formula is C30H22N2O. The van der Waals surface area contributed by atoms with Gasteiger partial charge in [0, 0.05) is 28.8 Å². The summed E-state index contributed by atoms with van der Waals surface area (Å²) in [6, 6.07) is 45.8. The van der Waals surface area contributed by atoms with Gasteiger partial charge in [0.15, 0.2) is 11.5 Å². The van der Waals surface area contributed by atoms with Crippen molar-refractivity contribution in [2.24, 2.45) is 0 Å². The molecule has 6 rings (SSSR count). The molecule has 1 heterocycles. The number of hydrogen-bond acceptors (Lipinski definition) is 3. The quantitative estimate of drug-likeness (QED) is 0.280. The minimum Gasteiger partial charge on any atom is -0.453 e. The Morgan fingerprint density at radius 3 is 1.67 bits per heavy atom. The Bertz CT molecular complexity index is 1350. The summed E-state index contributed by atoms with van der Waals surface area (Å²) < 4.78 is 6.42. The van der Waals surface area contributed by atoms with Crippen LogP contribution in [0.3, 0.4) is 0 Å². The average molecular weight is 427 g/mol. The molecule has 0 aliphatic carbocycles. The smallest absolute Gasteiger partial charge is 0.153 e. The van der Waals surface area contributed by atoms with E-state index in [1.807, 2.05) is 36.4 Å². The maximum absolute atomic E-state index is 6.42. The molecule has 0 N–H and O–H groups in total. The predicted octanol–water partition coefficient (Wildman–Crippen LogP) is 8.73. The van der Waals surface area contributed by atoms with E-state index in [4.69, 9.17) is 4.74 Å². The molecule has 158 valence electrons. The Labute approximate surface area is 193 Å². The number of anilines is 6. The number of fused-ring (bicyclic) bond motifs is 2. The van der Waals surface area contributed by atoms with Crippen LogP contribution < -0.4 is 14.5 Å². The van der Waals surface area contributed by atoms with Gasteiger partial charge in [-0.15, -0.1) is 0 Å². The second-order valence-corrected chi connectivity index (χ2v) is 7.90. The molecule has 3 nitrogen and oxygen atoms in total. The Hall–Kier alpha value is -4.50. The molecule has 1 aliphatic heterocycles. The van der Waals surface area contributed by atoms with Crippen LogP contribution in [-0.2, 0) is 0 Å². The van der Waals surface area contributed by atoms with E-state index in [0.717, 1.165) is 45.6 Å². The second kappa shape index (κ2) is 8.21. The summed E-state index contributed by atoms with van der Waals surface area (Å²) in [5.41, 5.74) is 6.39. The van der Waals surface area contributed by atoms with Crippen molar-refractivity contribution >= 4 is 34.1 Å². The van der Waals surface area contributed by atoms with Crippen LogP contribution in [0.2, 0.25) is 0 Å². The zero-order valence-electron chi connectivity index (χ0n) is 18.0. The van der Waals surface area contributed by atoms with Gasteiger partial charge in [-0.1, -0.05) is 66.7 Å². The van der Waals surface area contributed by atoms with Gasteiger partial charge >= 0.3 is 0 Å². The van der Waals surface area contributed by atoms with Gasteiger partial charge in [-0.25, -0.2) is 0 Å². The second-order valence-electron chi connectivity index (χ2n) is 7.90. The van der Waals surface area contributed by atoms with Gasteiger partial charge in [0.05, 0.1) is 11.4 Å². The first-order valence-electron chi connectivity index (χ1n) is 11.0. The lowest BCUT2D eigenvalue weighted by atomic mass is 10.1. The number of para-hydroxylation sites is 5. The van der Waals surface area contributed by atoms with Crippen molar-refractivity contribution in [3.8, 4) is 11.5 Å². The lowest BCUT2D eigenvalue weighted by molar-refractivity contribution is 0.477. The Morgan fingerprint density at radius 2 is 1.00 bits per heavy atom. The molecule has 0 atom stereocenters. The molecule has 0 spiro atoms. The van der Waals surface area contributed by atoms with Gasteiger partial charge in [0.25, 0.3) is 0 Å². The zero-order chi connectivity index (χ0) is 22.0. The Balaban J connectivity index is 1.51.